The molecule has 4 N–H and O–H groups in total. The SMILES string of the molecule is CC(/C=C/[C@H]1O[C@H](CN)C[C@@]2(CO2)[C@@H]1O)=C\C[C@@H]1C[C@H](C)[C@H](NC(=O)/C=C\C(C)C)C[C@@H]1C. The first-order chi connectivity index (χ1) is 15.6. The minimum atomic E-state index is -0.647. The van der Waals surface area contributed by atoms with E-state index in [0.717, 1.165) is 19.3 Å². The van der Waals surface area contributed by atoms with Gasteiger partial charge in [0.05, 0.1) is 12.7 Å². The molecule has 2 aliphatic heterocycles. The summed E-state index contributed by atoms with van der Waals surface area (Å²) in [5.74, 6) is 2.01. The van der Waals surface area contributed by atoms with Gasteiger partial charge < -0.3 is 25.6 Å². The number of carbonyl (C=O) groups excluding carboxylic acids is 1. The monoisotopic (exact) mass is 460 g/mol. The van der Waals surface area contributed by atoms with E-state index in [2.05, 4.69) is 46.0 Å². The predicted octanol–water partition coefficient (Wildman–Crippen LogP) is 3.50. The highest BCUT2D eigenvalue weighted by Crippen LogP contribution is 2.42. The van der Waals surface area contributed by atoms with Crippen LogP contribution in [0.15, 0.2) is 36.0 Å². The van der Waals surface area contributed by atoms with Crippen LogP contribution in [-0.4, -0.2) is 54.1 Å². The van der Waals surface area contributed by atoms with Gasteiger partial charge in [0.1, 0.15) is 17.8 Å². The van der Waals surface area contributed by atoms with Crippen molar-refractivity contribution in [3.05, 3.63) is 36.0 Å². The van der Waals surface area contributed by atoms with Gasteiger partial charge in [-0.25, -0.2) is 0 Å². The van der Waals surface area contributed by atoms with Gasteiger partial charge in [0, 0.05) is 19.0 Å². The highest BCUT2D eigenvalue weighted by Gasteiger charge is 2.58. The second-order valence-corrected chi connectivity index (χ2v) is 10.9. The van der Waals surface area contributed by atoms with E-state index in [1.54, 1.807) is 6.08 Å². The average molecular weight is 461 g/mol. The van der Waals surface area contributed by atoms with E-state index in [9.17, 15) is 9.90 Å². The van der Waals surface area contributed by atoms with Gasteiger partial charge in [0.15, 0.2) is 0 Å². The second-order valence-electron chi connectivity index (χ2n) is 10.9. The van der Waals surface area contributed by atoms with E-state index in [0.29, 0.717) is 43.2 Å². The number of hydrogen-bond acceptors (Lipinski definition) is 5. The molecule has 6 nitrogen and oxygen atoms in total. The number of aliphatic hydroxyl groups is 1. The molecule has 1 saturated carbocycles. The molecule has 0 aromatic rings. The van der Waals surface area contributed by atoms with Gasteiger partial charge in [0.25, 0.3) is 0 Å². The van der Waals surface area contributed by atoms with Crippen molar-refractivity contribution < 1.29 is 19.4 Å². The molecule has 1 aliphatic carbocycles. The summed E-state index contributed by atoms with van der Waals surface area (Å²) in [4.78, 5) is 12.2. The lowest BCUT2D eigenvalue weighted by molar-refractivity contribution is -0.129. The minimum Gasteiger partial charge on any atom is -0.387 e. The van der Waals surface area contributed by atoms with Gasteiger partial charge in [-0.1, -0.05) is 57.6 Å². The third-order valence-corrected chi connectivity index (χ3v) is 7.59. The quantitative estimate of drug-likeness (QED) is 0.293. The lowest BCUT2D eigenvalue weighted by atomic mass is 9.71. The summed E-state index contributed by atoms with van der Waals surface area (Å²) in [5, 5.41) is 13.8. The lowest BCUT2D eigenvalue weighted by Gasteiger charge is -2.38. The molecule has 2 heterocycles. The maximum Gasteiger partial charge on any atom is 0.243 e. The molecule has 0 aromatic heterocycles. The first kappa shape index (κ1) is 26.1. The average Bonchev–Trinajstić information content (AvgIpc) is 3.54. The van der Waals surface area contributed by atoms with Crippen molar-refractivity contribution >= 4 is 5.91 Å². The van der Waals surface area contributed by atoms with Crippen molar-refractivity contribution in [3.63, 3.8) is 0 Å². The van der Waals surface area contributed by atoms with Crippen molar-refractivity contribution in [1.29, 1.82) is 0 Å². The topological polar surface area (TPSA) is 97.1 Å². The van der Waals surface area contributed by atoms with Crippen LogP contribution in [0.25, 0.3) is 0 Å². The fourth-order valence-corrected chi connectivity index (χ4v) is 5.21. The maximum absolute atomic E-state index is 12.2. The fourth-order valence-electron chi connectivity index (χ4n) is 5.21. The Labute approximate surface area is 199 Å². The predicted molar refractivity (Wildman–Crippen MR) is 131 cm³/mol. The van der Waals surface area contributed by atoms with Gasteiger partial charge in [-0.2, -0.15) is 0 Å². The summed E-state index contributed by atoms with van der Waals surface area (Å²) >= 11 is 0. The van der Waals surface area contributed by atoms with Crippen LogP contribution in [0.1, 0.15) is 60.3 Å². The number of amides is 1. The van der Waals surface area contributed by atoms with Crippen LogP contribution in [0.4, 0.5) is 0 Å². The van der Waals surface area contributed by atoms with Gasteiger partial charge in [-0.3, -0.25) is 4.79 Å². The summed E-state index contributed by atoms with van der Waals surface area (Å²) in [6.07, 6.45) is 12.6. The molecule has 0 aromatic carbocycles. The normalized spacial score (nSPS) is 39.6. The molecular formula is C27H44N2O4. The van der Waals surface area contributed by atoms with Crippen molar-refractivity contribution in [3.8, 4) is 0 Å². The van der Waals surface area contributed by atoms with Crippen LogP contribution in [0, 0.1) is 23.7 Å². The number of allylic oxidation sites excluding steroid dienone is 4. The zero-order chi connectivity index (χ0) is 24.2. The van der Waals surface area contributed by atoms with Crippen LogP contribution in [0.5, 0.6) is 0 Å². The summed E-state index contributed by atoms with van der Waals surface area (Å²) in [5.41, 5.74) is 6.52. The summed E-state index contributed by atoms with van der Waals surface area (Å²) in [7, 11) is 0. The smallest absolute Gasteiger partial charge is 0.243 e. The molecule has 8 atom stereocenters. The summed E-state index contributed by atoms with van der Waals surface area (Å²) in [6, 6.07) is 0.239. The molecule has 1 spiro atoms. The molecule has 3 fully saturated rings. The molecule has 3 aliphatic rings. The summed E-state index contributed by atoms with van der Waals surface area (Å²) < 4.78 is 11.5. The minimum absolute atomic E-state index is 0.0226. The third kappa shape index (κ3) is 7.01. The van der Waals surface area contributed by atoms with Crippen molar-refractivity contribution in [2.45, 2.75) is 90.3 Å². The van der Waals surface area contributed by atoms with Crippen molar-refractivity contribution in [1.82, 2.24) is 5.32 Å². The molecule has 0 bridgehead atoms. The molecule has 0 unspecified atom stereocenters. The number of rotatable bonds is 8. The van der Waals surface area contributed by atoms with E-state index in [1.807, 2.05) is 18.2 Å². The highest BCUT2D eigenvalue weighted by molar-refractivity contribution is 5.87. The van der Waals surface area contributed by atoms with Crippen molar-refractivity contribution in [2.24, 2.45) is 29.4 Å². The van der Waals surface area contributed by atoms with Crippen LogP contribution in [-0.2, 0) is 14.3 Å². The standard InChI is InChI=1S/C27H44N2O4/c1-17(2)6-11-25(30)29-23-13-19(4)21(12-20(23)5)9-7-18(3)8-10-24-26(31)27(16-32-27)14-22(15-28)33-24/h6-8,10-11,17,19-24,26,31H,9,12-16,28H2,1-5H3,(H,29,30)/b10-8+,11-6-,18-7+/t19-,20-,21+,22-,23+,24+,26+,27+/m0/s1. The Kier molecular flexibility index (Phi) is 8.95. The largest absolute Gasteiger partial charge is 0.387 e. The third-order valence-electron chi connectivity index (χ3n) is 7.59. The Morgan fingerprint density at radius 3 is 2.61 bits per heavy atom. The van der Waals surface area contributed by atoms with E-state index in [4.69, 9.17) is 15.2 Å². The highest BCUT2D eigenvalue weighted by atomic mass is 16.6. The van der Waals surface area contributed by atoms with Gasteiger partial charge >= 0.3 is 0 Å². The van der Waals surface area contributed by atoms with E-state index in [-0.39, 0.29) is 24.2 Å². The first-order valence-corrected chi connectivity index (χ1v) is 12.6. The number of epoxide rings is 1. The Morgan fingerprint density at radius 1 is 1.24 bits per heavy atom. The van der Waals surface area contributed by atoms with Crippen LogP contribution < -0.4 is 11.1 Å². The second kappa shape index (κ2) is 11.3. The number of nitrogens with one attached hydrogen (secondary N) is 1. The van der Waals surface area contributed by atoms with E-state index >= 15 is 0 Å². The lowest BCUT2D eigenvalue weighted by Crippen LogP contribution is -2.51. The van der Waals surface area contributed by atoms with E-state index in [1.165, 1.54) is 5.57 Å². The number of carbonyl (C=O) groups is 1. The van der Waals surface area contributed by atoms with Gasteiger partial charge in [0.2, 0.25) is 5.91 Å². The molecule has 1 amide bonds. The Morgan fingerprint density at radius 2 is 1.97 bits per heavy atom. The molecule has 3 rings (SSSR count). The van der Waals surface area contributed by atoms with Crippen LogP contribution >= 0.6 is 0 Å². The number of aliphatic hydroxyl groups excluding tert-OH is 1. The Balaban J connectivity index is 1.50. The summed E-state index contributed by atoms with van der Waals surface area (Å²) in [6.45, 7) is 11.8. The zero-order valence-electron chi connectivity index (χ0n) is 21.0. The molecule has 186 valence electrons. The first-order valence-electron chi connectivity index (χ1n) is 12.6. The molecule has 0 radical (unpaired) electrons. The van der Waals surface area contributed by atoms with Crippen molar-refractivity contribution in [2.75, 3.05) is 13.2 Å². The van der Waals surface area contributed by atoms with Crippen LogP contribution in [0.2, 0.25) is 0 Å². The van der Waals surface area contributed by atoms with Gasteiger partial charge in [-0.15, -0.1) is 0 Å². The Bertz CT molecular complexity index is 755. The fraction of sp³-hybridized carbons (Fsp3) is 0.741. The van der Waals surface area contributed by atoms with Gasteiger partial charge in [-0.05, 0) is 55.9 Å². The van der Waals surface area contributed by atoms with Crippen LogP contribution in [0.3, 0.4) is 0 Å². The molecular weight excluding hydrogens is 416 g/mol. The maximum atomic E-state index is 12.2. The molecule has 6 heteroatoms. The number of hydrogen-bond donors (Lipinski definition) is 3. The molecule has 2 saturated heterocycles. The Hall–Kier alpha value is -1.47. The van der Waals surface area contributed by atoms with E-state index < -0.39 is 11.7 Å². The number of ether oxygens (including phenoxy) is 2. The molecule has 33 heavy (non-hydrogen) atoms. The zero-order valence-corrected chi connectivity index (χ0v) is 21.0. The number of nitrogens with two attached hydrogens (primary N) is 1.